The van der Waals surface area contributed by atoms with Crippen LogP contribution in [0.15, 0.2) is 18.3 Å². The molecule has 0 aromatic carbocycles. The van der Waals surface area contributed by atoms with E-state index < -0.39 is 0 Å². The summed E-state index contributed by atoms with van der Waals surface area (Å²) < 4.78 is 5.66. The van der Waals surface area contributed by atoms with Crippen LogP contribution in [0.25, 0.3) is 0 Å². The molecule has 94 valence electrons. The standard InChI is InChI=1S/C13H19ClN2O/c14-13-2-1-12(9-16-13)10-17-8-5-11-3-6-15-7-4-11/h1-2,9,11,15H,3-8,10H2. The van der Waals surface area contributed by atoms with Gasteiger partial charge in [0.25, 0.3) is 0 Å². The zero-order chi connectivity index (χ0) is 11.9. The Bertz CT molecular complexity index is 323. The van der Waals surface area contributed by atoms with Gasteiger partial charge >= 0.3 is 0 Å². The summed E-state index contributed by atoms with van der Waals surface area (Å²) in [4.78, 5) is 4.02. The van der Waals surface area contributed by atoms with Crippen molar-refractivity contribution in [2.75, 3.05) is 19.7 Å². The summed E-state index contributed by atoms with van der Waals surface area (Å²) in [5.41, 5.74) is 1.08. The van der Waals surface area contributed by atoms with Crippen LogP contribution >= 0.6 is 11.6 Å². The Morgan fingerprint density at radius 3 is 2.88 bits per heavy atom. The maximum Gasteiger partial charge on any atom is 0.129 e. The Hall–Kier alpha value is -0.640. The van der Waals surface area contributed by atoms with Crippen LogP contribution in [0.3, 0.4) is 0 Å². The van der Waals surface area contributed by atoms with Crippen molar-refractivity contribution < 1.29 is 4.74 Å². The lowest BCUT2D eigenvalue weighted by atomic mass is 9.95. The lowest BCUT2D eigenvalue weighted by Crippen LogP contribution is -2.28. The highest BCUT2D eigenvalue weighted by atomic mass is 35.5. The van der Waals surface area contributed by atoms with Gasteiger partial charge in [0.2, 0.25) is 0 Å². The molecule has 2 rings (SSSR count). The highest BCUT2D eigenvalue weighted by Gasteiger charge is 2.12. The third kappa shape index (κ3) is 4.62. The van der Waals surface area contributed by atoms with Crippen molar-refractivity contribution in [2.24, 2.45) is 5.92 Å². The first-order valence-electron chi connectivity index (χ1n) is 6.23. The Morgan fingerprint density at radius 1 is 1.35 bits per heavy atom. The van der Waals surface area contributed by atoms with Crippen molar-refractivity contribution in [1.82, 2.24) is 10.3 Å². The number of piperidine rings is 1. The van der Waals surface area contributed by atoms with Crippen LogP contribution in [-0.2, 0) is 11.3 Å². The van der Waals surface area contributed by atoms with Gasteiger partial charge in [0.05, 0.1) is 6.61 Å². The number of nitrogens with one attached hydrogen (secondary N) is 1. The van der Waals surface area contributed by atoms with E-state index in [4.69, 9.17) is 16.3 Å². The van der Waals surface area contributed by atoms with E-state index in [0.717, 1.165) is 31.2 Å². The second-order valence-corrected chi connectivity index (χ2v) is 4.91. The molecule has 0 spiro atoms. The van der Waals surface area contributed by atoms with Crippen LogP contribution in [0, 0.1) is 5.92 Å². The lowest BCUT2D eigenvalue weighted by molar-refractivity contribution is 0.102. The molecule has 2 heterocycles. The number of hydrogen-bond donors (Lipinski definition) is 1. The molecule has 4 heteroatoms. The van der Waals surface area contributed by atoms with Crippen LogP contribution in [0.1, 0.15) is 24.8 Å². The molecule has 17 heavy (non-hydrogen) atoms. The van der Waals surface area contributed by atoms with Crippen molar-refractivity contribution in [3.63, 3.8) is 0 Å². The molecule has 0 radical (unpaired) electrons. The van der Waals surface area contributed by atoms with Gasteiger partial charge in [-0.2, -0.15) is 0 Å². The van der Waals surface area contributed by atoms with Gasteiger partial charge in [0.1, 0.15) is 5.15 Å². The van der Waals surface area contributed by atoms with Crippen LogP contribution in [0.4, 0.5) is 0 Å². The molecule has 0 unspecified atom stereocenters. The van der Waals surface area contributed by atoms with Gasteiger partial charge in [-0.05, 0) is 49.9 Å². The average Bonchev–Trinajstić information content (AvgIpc) is 2.38. The summed E-state index contributed by atoms with van der Waals surface area (Å²) in [7, 11) is 0. The van der Waals surface area contributed by atoms with E-state index in [2.05, 4.69) is 10.3 Å². The molecule has 1 N–H and O–H groups in total. The molecule has 0 saturated carbocycles. The maximum absolute atomic E-state index is 5.72. The third-order valence-corrected chi connectivity index (χ3v) is 3.41. The van der Waals surface area contributed by atoms with Crippen LogP contribution in [0.2, 0.25) is 5.15 Å². The Labute approximate surface area is 108 Å². The minimum Gasteiger partial charge on any atom is -0.377 e. The highest BCUT2D eigenvalue weighted by molar-refractivity contribution is 6.29. The molecular formula is C13H19ClN2O. The second-order valence-electron chi connectivity index (χ2n) is 4.52. The van der Waals surface area contributed by atoms with Gasteiger partial charge in [-0.3, -0.25) is 0 Å². The molecule has 3 nitrogen and oxygen atoms in total. The number of aromatic nitrogens is 1. The molecule has 1 fully saturated rings. The largest absolute Gasteiger partial charge is 0.377 e. The number of nitrogens with zero attached hydrogens (tertiary/aromatic N) is 1. The molecule has 1 aromatic heterocycles. The second kappa shape index (κ2) is 6.94. The summed E-state index contributed by atoms with van der Waals surface area (Å²) in [6.07, 6.45) is 5.51. The van der Waals surface area contributed by atoms with Crippen molar-refractivity contribution in [3.05, 3.63) is 29.0 Å². The fourth-order valence-corrected chi connectivity index (χ4v) is 2.21. The molecule has 0 bridgehead atoms. The Kier molecular flexibility index (Phi) is 5.23. The van der Waals surface area contributed by atoms with E-state index in [0.29, 0.717) is 11.8 Å². The summed E-state index contributed by atoms with van der Waals surface area (Å²) in [5.74, 6) is 0.833. The lowest BCUT2D eigenvalue weighted by Gasteiger charge is -2.22. The van der Waals surface area contributed by atoms with E-state index >= 15 is 0 Å². The Morgan fingerprint density at radius 2 is 2.18 bits per heavy atom. The van der Waals surface area contributed by atoms with E-state index in [1.165, 1.54) is 19.3 Å². The summed E-state index contributed by atoms with van der Waals surface area (Å²) in [5, 5.41) is 3.91. The molecular weight excluding hydrogens is 236 g/mol. The average molecular weight is 255 g/mol. The summed E-state index contributed by atoms with van der Waals surface area (Å²) >= 11 is 5.72. The first-order chi connectivity index (χ1) is 8.34. The number of hydrogen-bond acceptors (Lipinski definition) is 3. The zero-order valence-electron chi connectivity index (χ0n) is 9.99. The van der Waals surface area contributed by atoms with Gasteiger partial charge in [-0.25, -0.2) is 4.98 Å². The minimum atomic E-state index is 0.531. The van der Waals surface area contributed by atoms with Crippen molar-refractivity contribution in [3.8, 4) is 0 Å². The Balaban J connectivity index is 1.60. The van der Waals surface area contributed by atoms with Crippen molar-refractivity contribution >= 4 is 11.6 Å². The fraction of sp³-hybridized carbons (Fsp3) is 0.615. The van der Waals surface area contributed by atoms with E-state index in [9.17, 15) is 0 Å². The predicted octanol–water partition coefficient (Wildman–Crippen LogP) is 2.64. The SMILES string of the molecule is Clc1ccc(COCCC2CCNCC2)cn1. The smallest absolute Gasteiger partial charge is 0.129 e. The quantitative estimate of drug-likeness (QED) is 0.648. The first kappa shape index (κ1) is 12.8. The normalized spacial score (nSPS) is 17.2. The number of rotatable bonds is 5. The molecule has 1 aliphatic rings. The number of halogens is 1. The van der Waals surface area contributed by atoms with Gasteiger partial charge < -0.3 is 10.1 Å². The minimum absolute atomic E-state index is 0.531. The van der Waals surface area contributed by atoms with Crippen LogP contribution < -0.4 is 5.32 Å². The van der Waals surface area contributed by atoms with Crippen LogP contribution in [-0.4, -0.2) is 24.7 Å². The monoisotopic (exact) mass is 254 g/mol. The van der Waals surface area contributed by atoms with Crippen molar-refractivity contribution in [2.45, 2.75) is 25.9 Å². The molecule has 0 atom stereocenters. The fourth-order valence-electron chi connectivity index (χ4n) is 2.10. The topological polar surface area (TPSA) is 34.1 Å². The first-order valence-corrected chi connectivity index (χ1v) is 6.61. The van der Waals surface area contributed by atoms with Crippen LogP contribution in [0.5, 0.6) is 0 Å². The zero-order valence-corrected chi connectivity index (χ0v) is 10.7. The highest BCUT2D eigenvalue weighted by Crippen LogP contribution is 2.16. The number of ether oxygens (including phenoxy) is 1. The van der Waals surface area contributed by atoms with E-state index in [1.54, 1.807) is 12.3 Å². The van der Waals surface area contributed by atoms with Gasteiger partial charge in [0, 0.05) is 12.8 Å². The number of pyridine rings is 1. The van der Waals surface area contributed by atoms with Gasteiger partial charge in [-0.15, -0.1) is 0 Å². The van der Waals surface area contributed by atoms with Gasteiger partial charge in [-0.1, -0.05) is 17.7 Å². The molecule has 0 amide bonds. The van der Waals surface area contributed by atoms with E-state index in [1.807, 2.05) is 6.07 Å². The third-order valence-electron chi connectivity index (χ3n) is 3.19. The summed E-state index contributed by atoms with van der Waals surface area (Å²) in [6.45, 7) is 3.79. The van der Waals surface area contributed by atoms with Crippen molar-refractivity contribution in [1.29, 1.82) is 0 Å². The maximum atomic E-state index is 5.72. The molecule has 1 aliphatic heterocycles. The molecule has 0 aliphatic carbocycles. The molecule has 1 aromatic rings. The summed E-state index contributed by atoms with van der Waals surface area (Å²) in [6, 6.07) is 3.76. The van der Waals surface area contributed by atoms with Gasteiger partial charge in [0.15, 0.2) is 0 Å². The molecule has 1 saturated heterocycles. The predicted molar refractivity (Wildman–Crippen MR) is 69.1 cm³/mol. The van der Waals surface area contributed by atoms with E-state index in [-0.39, 0.29) is 0 Å².